The maximum atomic E-state index is 9.98. The van der Waals surface area contributed by atoms with Crippen LogP contribution in [0.25, 0.3) is 22.3 Å². The summed E-state index contributed by atoms with van der Waals surface area (Å²) in [6.07, 6.45) is 7.21. The zero-order valence-corrected chi connectivity index (χ0v) is 19.7. The van der Waals surface area contributed by atoms with Crippen molar-refractivity contribution in [3.63, 3.8) is 0 Å². The van der Waals surface area contributed by atoms with Gasteiger partial charge in [0.25, 0.3) is 0 Å². The fourth-order valence-electron chi connectivity index (χ4n) is 4.58. The van der Waals surface area contributed by atoms with E-state index in [1.807, 2.05) is 6.20 Å². The van der Waals surface area contributed by atoms with E-state index in [4.69, 9.17) is 15.2 Å². The minimum atomic E-state index is -0.212. The van der Waals surface area contributed by atoms with Crippen LogP contribution in [0.1, 0.15) is 64.0 Å². The standard InChI is InChI=1S/C25H36N6O2/c1-3-4-17(2)28-25-27-16-22-23(19-7-5-18(6-8-19)15-26-13-14-32)30-31(24(22)29-25)20-9-11-21(33)12-10-20/h5-8,16-17,20-21,26,32-33H,3-4,9-15H2,1-2H3,(H,27,28,29)/t17-,20-,21-/m0/s1. The van der Waals surface area contributed by atoms with Gasteiger partial charge in [-0.25, -0.2) is 9.67 Å². The Morgan fingerprint density at radius 2 is 1.91 bits per heavy atom. The zero-order valence-electron chi connectivity index (χ0n) is 19.7. The number of hydrogen-bond acceptors (Lipinski definition) is 7. The molecule has 1 atom stereocenters. The molecule has 0 aliphatic heterocycles. The smallest absolute Gasteiger partial charge is 0.224 e. The summed E-state index contributed by atoms with van der Waals surface area (Å²) < 4.78 is 2.06. The molecular formula is C25H36N6O2. The summed E-state index contributed by atoms with van der Waals surface area (Å²) in [7, 11) is 0. The van der Waals surface area contributed by atoms with Crippen molar-refractivity contribution in [3.8, 4) is 11.3 Å². The molecule has 4 N–H and O–H groups in total. The molecule has 8 heteroatoms. The fourth-order valence-corrected chi connectivity index (χ4v) is 4.58. The maximum absolute atomic E-state index is 9.98. The second-order valence-electron chi connectivity index (χ2n) is 9.12. The van der Waals surface area contributed by atoms with Gasteiger partial charge >= 0.3 is 0 Å². The van der Waals surface area contributed by atoms with Gasteiger partial charge in [0.2, 0.25) is 5.95 Å². The average molecular weight is 453 g/mol. The van der Waals surface area contributed by atoms with Crippen LogP contribution in [0.15, 0.2) is 30.5 Å². The lowest BCUT2D eigenvalue weighted by molar-refractivity contribution is 0.109. The summed E-state index contributed by atoms with van der Waals surface area (Å²) in [5.41, 5.74) is 3.93. The van der Waals surface area contributed by atoms with Crippen LogP contribution in [0.4, 0.5) is 5.95 Å². The van der Waals surface area contributed by atoms with Crippen molar-refractivity contribution in [2.24, 2.45) is 0 Å². The lowest BCUT2D eigenvalue weighted by Gasteiger charge is -2.25. The first-order valence-electron chi connectivity index (χ1n) is 12.2. The van der Waals surface area contributed by atoms with Crippen molar-refractivity contribution >= 4 is 17.0 Å². The molecule has 1 fully saturated rings. The Bertz CT molecular complexity index is 1030. The van der Waals surface area contributed by atoms with Gasteiger partial charge in [0, 0.05) is 30.9 Å². The van der Waals surface area contributed by atoms with Crippen molar-refractivity contribution in [2.75, 3.05) is 18.5 Å². The van der Waals surface area contributed by atoms with E-state index in [1.54, 1.807) is 0 Å². The number of aliphatic hydroxyl groups is 2. The largest absolute Gasteiger partial charge is 0.395 e. The van der Waals surface area contributed by atoms with E-state index >= 15 is 0 Å². The number of fused-ring (bicyclic) bond motifs is 1. The van der Waals surface area contributed by atoms with E-state index in [1.165, 1.54) is 0 Å². The first-order valence-corrected chi connectivity index (χ1v) is 12.2. The number of rotatable bonds is 10. The number of nitrogens with one attached hydrogen (secondary N) is 2. The first-order chi connectivity index (χ1) is 16.1. The monoisotopic (exact) mass is 452 g/mol. The third-order valence-corrected chi connectivity index (χ3v) is 6.40. The summed E-state index contributed by atoms with van der Waals surface area (Å²) in [5, 5.41) is 31.5. The Morgan fingerprint density at radius 3 is 2.61 bits per heavy atom. The molecule has 33 heavy (non-hydrogen) atoms. The Hall–Kier alpha value is -2.55. The van der Waals surface area contributed by atoms with Gasteiger partial charge in [-0.3, -0.25) is 0 Å². The molecule has 1 aliphatic rings. The van der Waals surface area contributed by atoms with Crippen LogP contribution in [-0.4, -0.2) is 55.3 Å². The Labute approximate surface area is 195 Å². The van der Waals surface area contributed by atoms with E-state index in [-0.39, 0.29) is 18.8 Å². The normalized spacial score (nSPS) is 19.6. The van der Waals surface area contributed by atoms with Gasteiger partial charge in [-0.15, -0.1) is 0 Å². The van der Waals surface area contributed by atoms with Crippen LogP contribution in [0.2, 0.25) is 0 Å². The summed E-state index contributed by atoms with van der Waals surface area (Å²) in [6.45, 7) is 5.76. The van der Waals surface area contributed by atoms with Gasteiger partial charge in [0.1, 0.15) is 5.69 Å². The molecular weight excluding hydrogens is 416 g/mol. The third-order valence-electron chi connectivity index (χ3n) is 6.40. The molecule has 2 heterocycles. The van der Waals surface area contributed by atoms with Gasteiger partial charge in [-0.05, 0) is 44.6 Å². The van der Waals surface area contributed by atoms with Crippen LogP contribution >= 0.6 is 0 Å². The number of aliphatic hydroxyl groups excluding tert-OH is 2. The summed E-state index contributed by atoms with van der Waals surface area (Å²) in [5.74, 6) is 0.636. The van der Waals surface area contributed by atoms with Crippen LogP contribution < -0.4 is 10.6 Å². The topological polar surface area (TPSA) is 108 Å². The second-order valence-corrected chi connectivity index (χ2v) is 9.12. The Morgan fingerprint density at radius 1 is 1.15 bits per heavy atom. The predicted molar refractivity (Wildman–Crippen MR) is 131 cm³/mol. The summed E-state index contributed by atoms with van der Waals surface area (Å²) >= 11 is 0. The van der Waals surface area contributed by atoms with Gasteiger partial charge in [-0.1, -0.05) is 37.6 Å². The number of hydrogen-bond donors (Lipinski definition) is 4. The van der Waals surface area contributed by atoms with Crippen molar-refractivity contribution in [1.82, 2.24) is 25.1 Å². The second kappa shape index (κ2) is 11.0. The zero-order chi connectivity index (χ0) is 23.2. The molecule has 2 aromatic heterocycles. The van der Waals surface area contributed by atoms with Crippen molar-refractivity contribution in [2.45, 2.75) is 77.1 Å². The molecule has 0 saturated heterocycles. The lowest BCUT2D eigenvalue weighted by atomic mass is 9.93. The minimum Gasteiger partial charge on any atom is -0.395 e. The van der Waals surface area contributed by atoms with Crippen molar-refractivity contribution in [3.05, 3.63) is 36.0 Å². The first kappa shape index (κ1) is 23.6. The third kappa shape index (κ3) is 5.69. The molecule has 3 aromatic rings. The Balaban J connectivity index is 1.67. The van der Waals surface area contributed by atoms with E-state index in [2.05, 4.69) is 58.4 Å². The van der Waals surface area contributed by atoms with Crippen LogP contribution in [0.3, 0.4) is 0 Å². The molecule has 1 aliphatic carbocycles. The van der Waals surface area contributed by atoms with Crippen LogP contribution in [-0.2, 0) is 6.54 Å². The number of benzene rings is 1. The molecule has 8 nitrogen and oxygen atoms in total. The molecule has 1 aromatic carbocycles. The van der Waals surface area contributed by atoms with Gasteiger partial charge < -0.3 is 20.8 Å². The molecule has 0 radical (unpaired) electrons. The minimum absolute atomic E-state index is 0.133. The summed E-state index contributed by atoms with van der Waals surface area (Å²) in [6, 6.07) is 8.88. The molecule has 0 amide bonds. The highest BCUT2D eigenvalue weighted by Crippen LogP contribution is 2.34. The predicted octanol–water partition coefficient (Wildman–Crippen LogP) is 3.65. The van der Waals surface area contributed by atoms with Gasteiger partial charge in [0.15, 0.2) is 5.65 Å². The highest BCUT2D eigenvalue weighted by atomic mass is 16.3. The average Bonchev–Trinajstić information content (AvgIpc) is 3.19. The summed E-state index contributed by atoms with van der Waals surface area (Å²) in [4.78, 5) is 9.49. The number of nitrogens with zero attached hydrogens (tertiary/aromatic N) is 4. The maximum Gasteiger partial charge on any atom is 0.224 e. The van der Waals surface area contributed by atoms with Crippen molar-refractivity contribution in [1.29, 1.82) is 0 Å². The van der Waals surface area contributed by atoms with Crippen LogP contribution in [0.5, 0.6) is 0 Å². The molecule has 0 spiro atoms. The lowest BCUT2D eigenvalue weighted by Crippen LogP contribution is -2.22. The molecule has 0 bridgehead atoms. The van der Waals surface area contributed by atoms with Gasteiger partial charge in [0.05, 0.1) is 24.1 Å². The molecule has 178 valence electrons. The van der Waals surface area contributed by atoms with E-state index in [0.717, 1.165) is 66.4 Å². The molecule has 0 unspecified atom stereocenters. The SMILES string of the molecule is CCC[C@H](C)Nc1ncc2c(-c3ccc(CNCCO)cc3)nn([C@H]3CC[C@H](O)CC3)c2n1. The van der Waals surface area contributed by atoms with Crippen LogP contribution in [0, 0.1) is 0 Å². The fraction of sp³-hybridized carbons (Fsp3) is 0.560. The highest BCUT2D eigenvalue weighted by Gasteiger charge is 2.25. The highest BCUT2D eigenvalue weighted by molar-refractivity contribution is 5.91. The quantitative estimate of drug-likeness (QED) is 0.348. The molecule has 4 rings (SSSR count). The van der Waals surface area contributed by atoms with Crippen molar-refractivity contribution < 1.29 is 10.2 Å². The van der Waals surface area contributed by atoms with E-state index in [0.29, 0.717) is 25.1 Å². The number of anilines is 1. The Kier molecular flexibility index (Phi) is 7.90. The molecule has 1 saturated carbocycles. The van der Waals surface area contributed by atoms with Gasteiger partial charge in [-0.2, -0.15) is 10.1 Å². The van der Waals surface area contributed by atoms with E-state index in [9.17, 15) is 5.11 Å². The number of aromatic nitrogens is 4. The van der Waals surface area contributed by atoms with E-state index < -0.39 is 0 Å².